The van der Waals surface area contributed by atoms with E-state index < -0.39 is 11.9 Å². The molecule has 4 aromatic rings. The molecule has 3 aromatic heterocycles. The highest BCUT2D eigenvalue weighted by Gasteiger charge is 2.35. The number of pyridine rings is 1. The van der Waals surface area contributed by atoms with Crippen molar-refractivity contribution in [3.8, 4) is 11.4 Å². The van der Waals surface area contributed by atoms with Gasteiger partial charge in [-0.25, -0.2) is 4.98 Å². The van der Waals surface area contributed by atoms with Crippen molar-refractivity contribution in [2.24, 2.45) is 7.05 Å². The van der Waals surface area contributed by atoms with E-state index in [-0.39, 0.29) is 30.3 Å². The second-order valence-electron chi connectivity index (χ2n) is 8.40. The molecule has 0 radical (unpaired) electrons. The summed E-state index contributed by atoms with van der Waals surface area (Å²) in [5, 5.41) is 0.353. The van der Waals surface area contributed by atoms with E-state index in [1.165, 1.54) is 11.6 Å². The van der Waals surface area contributed by atoms with Crippen molar-refractivity contribution in [3.05, 3.63) is 76.4 Å². The number of fused-ring (bicyclic) bond motifs is 2. The van der Waals surface area contributed by atoms with Gasteiger partial charge in [0.1, 0.15) is 29.4 Å². The van der Waals surface area contributed by atoms with Gasteiger partial charge in [0.05, 0.1) is 24.1 Å². The molecule has 8 nitrogen and oxygen atoms in total. The molecule has 1 aliphatic heterocycles. The summed E-state index contributed by atoms with van der Waals surface area (Å²) in [6.45, 7) is 2.78. The first-order valence-corrected chi connectivity index (χ1v) is 11.0. The number of alkyl halides is 3. The van der Waals surface area contributed by atoms with Gasteiger partial charge in [-0.15, -0.1) is 0 Å². The average Bonchev–Trinajstić information content (AvgIpc) is 3.39. The number of aromatic nitrogens is 4. The van der Waals surface area contributed by atoms with Gasteiger partial charge < -0.3 is 23.3 Å². The number of benzene rings is 1. The lowest BCUT2D eigenvalue weighted by Crippen LogP contribution is -2.46. The van der Waals surface area contributed by atoms with Crippen LogP contribution in [0.5, 0.6) is 5.75 Å². The first-order valence-electron chi connectivity index (χ1n) is 11.0. The zero-order chi connectivity index (χ0) is 24.9. The van der Waals surface area contributed by atoms with Crippen molar-refractivity contribution in [1.29, 1.82) is 0 Å². The molecule has 4 heterocycles. The predicted octanol–water partition coefficient (Wildman–Crippen LogP) is 3.39. The molecule has 11 heteroatoms. The number of halogens is 3. The molecule has 0 N–H and O–H groups in total. The predicted molar refractivity (Wildman–Crippen MR) is 122 cm³/mol. The summed E-state index contributed by atoms with van der Waals surface area (Å²) in [4.78, 5) is 31.6. The second kappa shape index (κ2) is 8.33. The molecule has 0 spiro atoms. The van der Waals surface area contributed by atoms with E-state index in [1.54, 1.807) is 52.3 Å². The number of imidazole rings is 1. The average molecular weight is 485 g/mol. The Morgan fingerprint density at radius 1 is 1.11 bits per heavy atom. The van der Waals surface area contributed by atoms with Gasteiger partial charge >= 0.3 is 6.18 Å². The lowest BCUT2D eigenvalue weighted by Gasteiger charge is -2.29. The van der Waals surface area contributed by atoms with E-state index in [0.717, 1.165) is 16.3 Å². The molecule has 0 atom stereocenters. The molecule has 1 aromatic carbocycles. The maximum Gasteiger partial charge on any atom is 0.431 e. The van der Waals surface area contributed by atoms with Crippen LogP contribution in [-0.2, 0) is 19.8 Å². The highest BCUT2D eigenvalue weighted by Crippen LogP contribution is 2.36. The Bertz CT molecular complexity index is 1500. The van der Waals surface area contributed by atoms with Crippen LogP contribution in [0, 0.1) is 6.92 Å². The SMILES string of the molecule is Cc1cn(-c2ccc3n(c2=O)CCN(CCOc2cccc4c2cc(C(F)(F)F)n4C)C3=O)cn1. The smallest absolute Gasteiger partial charge is 0.431 e. The van der Waals surface area contributed by atoms with E-state index in [4.69, 9.17) is 4.74 Å². The molecule has 0 fully saturated rings. The third kappa shape index (κ3) is 3.96. The van der Waals surface area contributed by atoms with Crippen molar-refractivity contribution in [3.63, 3.8) is 0 Å². The Hall–Kier alpha value is -4.02. The fourth-order valence-corrected chi connectivity index (χ4v) is 4.42. The van der Waals surface area contributed by atoms with Crippen molar-refractivity contribution < 1.29 is 22.7 Å². The number of aryl methyl sites for hydroxylation is 2. The zero-order valence-electron chi connectivity index (χ0n) is 19.0. The minimum atomic E-state index is -4.48. The van der Waals surface area contributed by atoms with Crippen LogP contribution in [0.25, 0.3) is 16.6 Å². The molecule has 0 aliphatic carbocycles. The lowest BCUT2D eigenvalue weighted by atomic mass is 10.2. The monoisotopic (exact) mass is 485 g/mol. The number of carbonyl (C=O) groups is 1. The molecule has 0 saturated carbocycles. The van der Waals surface area contributed by atoms with Crippen LogP contribution in [0.4, 0.5) is 13.2 Å². The molecular weight excluding hydrogens is 463 g/mol. The number of amides is 1. The molecule has 182 valence electrons. The van der Waals surface area contributed by atoms with Gasteiger partial charge in [0.15, 0.2) is 0 Å². The number of rotatable bonds is 5. The van der Waals surface area contributed by atoms with Gasteiger partial charge in [-0.1, -0.05) is 6.07 Å². The number of carbonyl (C=O) groups excluding carboxylic acids is 1. The van der Waals surface area contributed by atoms with Gasteiger partial charge in [-0.05, 0) is 37.3 Å². The van der Waals surface area contributed by atoms with E-state index in [1.807, 2.05) is 6.92 Å². The normalized spacial score (nSPS) is 14.0. The van der Waals surface area contributed by atoms with Crippen molar-refractivity contribution in [2.75, 3.05) is 19.7 Å². The standard InChI is InChI=1S/C24H22F3N5O3/c1-15-13-31(14-28-15)18-6-7-19-22(33)30(8-9-32(19)23(18)34)10-11-35-20-5-3-4-17-16(20)12-21(29(17)2)24(25,26)27/h3-7,12-14H,8-11H2,1-2H3. The van der Waals surface area contributed by atoms with Crippen LogP contribution in [0.2, 0.25) is 0 Å². The third-order valence-electron chi connectivity index (χ3n) is 6.20. The van der Waals surface area contributed by atoms with E-state index in [2.05, 4.69) is 4.98 Å². The summed E-state index contributed by atoms with van der Waals surface area (Å²) in [6.07, 6.45) is -1.19. The molecule has 0 unspecified atom stereocenters. The van der Waals surface area contributed by atoms with Crippen LogP contribution in [0.3, 0.4) is 0 Å². The highest BCUT2D eigenvalue weighted by molar-refractivity contribution is 5.93. The van der Waals surface area contributed by atoms with E-state index >= 15 is 0 Å². The Kier molecular flexibility index (Phi) is 5.42. The first-order chi connectivity index (χ1) is 16.6. The molecule has 1 amide bonds. The van der Waals surface area contributed by atoms with Crippen LogP contribution >= 0.6 is 0 Å². The summed E-state index contributed by atoms with van der Waals surface area (Å²) in [5.41, 5.74) is 0.827. The molecule has 0 saturated heterocycles. The van der Waals surface area contributed by atoms with E-state index in [0.29, 0.717) is 35.4 Å². The summed E-state index contributed by atoms with van der Waals surface area (Å²) in [6, 6.07) is 9.12. The fourth-order valence-electron chi connectivity index (χ4n) is 4.42. The van der Waals surface area contributed by atoms with Crippen LogP contribution in [-0.4, -0.2) is 49.2 Å². The minimum Gasteiger partial charge on any atom is -0.491 e. The number of hydrogen-bond acceptors (Lipinski definition) is 4. The maximum absolute atomic E-state index is 13.3. The number of nitrogens with zero attached hydrogens (tertiary/aromatic N) is 5. The maximum atomic E-state index is 13.3. The Morgan fingerprint density at radius 2 is 1.91 bits per heavy atom. The summed E-state index contributed by atoms with van der Waals surface area (Å²) >= 11 is 0. The molecule has 0 bridgehead atoms. The fraction of sp³-hybridized carbons (Fsp3) is 0.292. The Morgan fingerprint density at radius 3 is 2.63 bits per heavy atom. The van der Waals surface area contributed by atoms with Crippen LogP contribution in [0.15, 0.2) is 53.7 Å². The van der Waals surface area contributed by atoms with Crippen LogP contribution in [0.1, 0.15) is 21.9 Å². The topological polar surface area (TPSA) is 74.3 Å². The van der Waals surface area contributed by atoms with Gasteiger partial charge in [0, 0.05) is 31.7 Å². The van der Waals surface area contributed by atoms with Gasteiger partial charge in [0.2, 0.25) is 0 Å². The van der Waals surface area contributed by atoms with Gasteiger partial charge in [-0.2, -0.15) is 13.2 Å². The van der Waals surface area contributed by atoms with Gasteiger partial charge in [-0.3, -0.25) is 9.59 Å². The zero-order valence-corrected chi connectivity index (χ0v) is 19.0. The van der Waals surface area contributed by atoms with Crippen molar-refractivity contribution >= 4 is 16.8 Å². The molecule has 35 heavy (non-hydrogen) atoms. The quantitative estimate of drug-likeness (QED) is 0.435. The van der Waals surface area contributed by atoms with Crippen molar-refractivity contribution in [1.82, 2.24) is 23.6 Å². The highest BCUT2D eigenvalue weighted by atomic mass is 19.4. The van der Waals surface area contributed by atoms with Crippen molar-refractivity contribution in [2.45, 2.75) is 19.6 Å². The summed E-state index contributed by atoms with van der Waals surface area (Å²) < 4.78 is 49.8. The Balaban J connectivity index is 1.31. The minimum absolute atomic E-state index is 0.0950. The molecule has 5 rings (SSSR count). The lowest BCUT2D eigenvalue weighted by molar-refractivity contribution is -0.142. The second-order valence-corrected chi connectivity index (χ2v) is 8.40. The summed E-state index contributed by atoms with van der Waals surface area (Å²) in [7, 11) is 1.36. The van der Waals surface area contributed by atoms with Gasteiger partial charge in [0.25, 0.3) is 11.5 Å². The number of ether oxygens (including phenoxy) is 1. The number of hydrogen-bond donors (Lipinski definition) is 0. The summed E-state index contributed by atoms with van der Waals surface area (Å²) in [5.74, 6) is 0.0116. The molecular formula is C24H22F3N5O3. The first kappa shape index (κ1) is 22.8. The molecule has 1 aliphatic rings. The van der Waals surface area contributed by atoms with Crippen LogP contribution < -0.4 is 10.3 Å². The third-order valence-corrected chi connectivity index (χ3v) is 6.20. The van der Waals surface area contributed by atoms with E-state index in [9.17, 15) is 22.8 Å². The largest absolute Gasteiger partial charge is 0.491 e. The Labute approximate surface area is 197 Å².